The van der Waals surface area contributed by atoms with Gasteiger partial charge in [0.25, 0.3) is 0 Å². The van der Waals surface area contributed by atoms with Gasteiger partial charge in [-0.25, -0.2) is 0 Å². The van der Waals surface area contributed by atoms with Crippen molar-refractivity contribution in [3.8, 4) is 0 Å². The van der Waals surface area contributed by atoms with Gasteiger partial charge < -0.3 is 19.9 Å². The van der Waals surface area contributed by atoms with E-state index in [1.165, 1.54) is 0 Å². The monoisotopic (exact) mass is 227 g/mol. The molecule has 0 amide bonds. The molecule has 0 aromatic carbocycles. The summed E-state index contributed by atoms with van der Waals surface area (Å²) in [4.78, 5) is 0. The zero-order chi connectivity index (χ0) is 11.8. The van der Waals surface area contributed by atoms with Crippen LogP contribution in [0.5, 0.6) is 0 Å². The van der Waals surface area contributed by atoms with Gasteiger partial charge in [0.2, 0.25) is 0 Å². The molecule has 1 heterocycles. The molecule has 0 aliphatic carbocycles. The number of nitrogens with zero attached hydrogens (tertiary/aromatic N) is 1. The number of nitrogens with one attached hydrogen (secondary N) is 2. The van der Waals surface area contributed by atoms with Gasteiger partial charge in [0.15, 0.2) is 5.76 Å². The smallest absolute Gasteiger partial charge is 0.150 e. The molecule has 92 valence electrons. The fraction of sp³-hybridized carbons (Fsp3) is 0.727. The first-order chi connectivity index (χ1) is 7.72. The number of methoxy groups -OCH3 is 1. The Morgan fingerprint density at radius 2 is 2.38 bits per heavy atom. The van der Waals surface area contributed by atoms with Crippen molar-refractivity contribution >= 4 is 0 Å². The molecule has 0 bridgehead atoms. The van der Waals surface area contributed by atoms with Crippen molar-refractivity contribution in [2.45, 2.75) is 26.4 Å². The van der Waals surface area contributed by atoms with E-state index in [2.05, 4.69) is 22.7 Å². The molecule has 0 saturated heterocycles. The third-order valence-corrected chi connectivity index (χ3v) is 2.24. The van der Waals surface area contributed by atoms with Crippen LogP contribution in [0.25, 0.3) is 0 Å². The van der Waals surface area contributed by atoms with Crippen molar-refractivity contribution in [2.24, 2.45) is 0 Å². The van der Waals surface area contributed by atoms with Gasteiger partial charge in [-0.15, -0.1) is 0 Å². The van der Waals surface area contributed by atoms with E-state index in [-0.39, 0.29) is 0 Å². The number of rotatable bonds is 8. The van der Waals surface area contributed by atoms with Crippen LogP contribution in [-0.2, 0) is 11.3 Å². The lowest BCUT2D eigenvalue weighted by Crippen LogP contribution is -2.37. The van der Waals surface area contributed by atoms with Crippen molar-refractivity contribution in [3.63, 3.8) is 0 Å². The lowest BCUT2D eigenvalue weighted by Gasteiger charge is -2.13. The third kappa shape index (κ3) is 5.25. The summed E-state index contributed by atoms with van der Waals surface area (Å²) >= 11 is 0. The second-order valence-electron chi connectivity index (χ2n) is 3.91. The highest BCUT2D eigenvalue weighted by Crippen LogP contribution is 2.01. The predicted molar refractivity (Wildman–Crippen MR) is 62.3 cm³/mol. The summed E-state index contributed by atoms with van der Waals surface area (Å²) in [5, 5.41) is 10.5. The summed E-state index contributed by atoms with van der Waals surface area (Å²) < 4.78 is 10.1. The average Bonchev–Trinajstić information content (AvgIpc) is 2.68. The van der Waals surface area contributed by atoms with Crippen LogP contribution in [-0.4, -0.2) is 38.0 Å². The standard InChI is InChI=1S/C11H21N3O2/c1-9-6-11(16-14-9)8-13-10(2)7-12-4-5-15-3/h6,10,12-13H,4-5,7-8H2,1-3H3. The molecule has 1 rings (SSSR count). The number of aryl methyl sites for hydroxylation is 1. The van der Waals surface area contributed by atoms with Crippen LogP contribution in [0.1, 0.15) is 18.4 Å². The van der Waals surface area contributed by atoms with Crippen LogP contribution in [0, 0.1) is 6.92 Å². The highest BCUT2D eigenvalue weighted by Gasteiger charge is 2.04. The molecule has 5 heteroatoms. The van der Waals surface area contributed by atoms with Crippen molar-refractivity contribution in [1.82, 2.24) is 15.8 Å². The predicted octanol–water partition coefficient (Wildman–Crippen LogP) is 0.697. The fourth-order valence-electron chi connectivity index (χ4n) is 1.34. The molecule has 5 nitrogen and oxygen atoms in total. The van der Waals surface area contributed by atoms with Gasteiger partial charge in [-0.2, -0.15) is 0 Å². The van der Waals surface area contributed by atoms with E-state index in [0.29, 0.717) is 12.6 Å². The largest absolute Gasteiger partial charge is 0.383 e. The van der Waals surface area contributed by atoms with Gasteiger partial charge in [0.05, 0.1) is 18.8 Å². The Morgan fingerprint density at radius 3 is 3.00 bits per heavy atom. The van der Waals surface area contributed by atoms with Crippen molar-refractivity contribution in [3.05, 3.63) is 17.5 Å². The second kappa shape index (κ2) is 7.38. The molecule has 1 aromatic heterocycles. The Labute approximate surface area is 96.5 Å². The highest BCUT2D eigenvalue weighted by molar-refractivity contribution is 5.02. The number of hydrogen-bond acceptors (Lipinski definition) is 5. The fourth-order valence-corrected chi connectivity index (χ4v) is 1.34. The maximum atomic E-state index is 5.10. The molecule has 0 aliphatic rings. The molecule has 16 heavy (non-hydrogen) atoms. The Morgan fingerprint density at radius 1 is 1.56 bits per heavy atom. The lowest BCUT2D eigenvalue weighted by atomic mass is 10.3. The lowest BCUT2D eigenvalue weighted by molar-refractivity contribution is 0.198. The quantitative estimate of drug-likeness (QED) is 0.640. The SMILES string of the molecule is COCCNCC(C)NCc1cc(C)no1. The zero-order valence-electron chi connectivity index (χ0n) is 10.2. The van der Waals surface area contributed by atoms with E-state index in [9.17, 15) is 0 Å². The molecule has 0 radical (unpaired) electrons. The van der Waals surface area contributed by atoms with Gasteiger partial charge in [0, 0.05) is 32.3 Å². The average molecular weight is 227 g/mol. The van der Waals surface area contributed by atoms with E-state index in [1.54, 1.807) is 7.11 Å². The summed E-state index contributed by atoms with van der Waals surface area (Å²) in [5.74, 6) is 0.876. The van der Waals surface area contributed by atoms with E-state index in [1.807, 2.05) is 13.0 Å². The topological polar surface area (TPSA) is 59.3 Å². The van der Waals surface area contributed by atoms with Crippen molar-refractivity contribution in [2.75, 3.05) is 26.8 Å². The van der Waals surface area contributed by atoms with Gasteiger partial charge in [0.1, 0.15) is 0 Å². The van der Waals surface area contributed by atoms with Gasteiger partial charge in [-0.1, -0.05) is 5.16 Å². The van der Waals surface area contributed by atoms with Crippen molar-refractivity contribution < 1.29 is 9.26 Å². The summed E-state index contributed by atoms with van der Waals surface area (Å²) in [6.07, 6.45) is 0. The normalized spacial score (nSPS) is 12.9. The van der Waals surface area contributed by atoms with Crippen molar-refractivity contribution in [1.29, 1.82) is 0 Å². The Kier molecular flexibility index (Phi) is 6.07. The van der Waals surface area contributed by atoms with Crippen LogP contribution < -0.4 is 10.6 Å². The molecule has 0 saturated carbocycles. The minimum atomic E-state index is 0.391. The first-order valence-corrected chi connectivity index (χ1v) is 5.57. The number of aromatic nitrogens is 1. The van der Waals surface area contributed by atoms with Crippen LogP contribution in [0.15, 0.2) is 10.6 Å². The Balaban J connectivity index is 2.08. The van der Waals surface area contributed by atoms with Crippen LogP contribution >= 0.6 is 0 Å². The Hall–Kier alpha value is -0.910. The summed E-state index contributed by atoms with van der Waals surface area (Å²) in [6, 6.07) is 2.33. The molecule has 1 atom stereocenters. The van der Waals surface area contributed by atoms with E-state index in [0.717, 1.165) is 31.2 Å². The number of hydrogen-bond donors (Lipinski definition) is 2. The van der Waals surface area contributed by atoms with E-state index < -0.39 is 0 Å². The second-order valence-corrected chi connectivity index (χ2v) is 3.91. The first-order valence-electron chi connectivity index (χ1n) is 5.57. The van der Waals surface area contributed by atoms with Gasteiger partial charge in [-0.3, -0.25) is 0 Å². The molecule has 0 spiro atoms. The zero-order valence-corrected chi connectivity index (χ0v) is 10.2. The van der Waals surface area contributed by atoms with E-state index >= 15 is 0 Å². The molecule has 2 N–H and O–H groups in total. The highest BCUT2D eigenvalue weighted by atomic mass is 16.5. The van der Waals surface area contributed by atoms with Gasteiger partial charge in [-0.05, 0) is 13.8 Å². The minimum absolute atomic E-state index is 0.391. The molecule has 0 fully saturated rings. The maximum absolute atomic E-state index is 5.10. The molecule has 1 aromatic rings. The third-order valence-electron chi connectivity index (χ3n) is 2.24. The molecule has 0 aliphatic heterocycles. The molecular weight excluding hydrogens is 206 g/mol. The summed E-state index contributed by atoms with van der Waals surface area (Å²) in [5.41, 5.74) is 0.919. The maximum Gasteiger partial charge on any atom is 0.150 e. The molecule has 1 unspecified atom stereocenters. The van der Waals surface area contributed by atoms with Crippen LogP contribution in [0.2, 0.25) is 0 Å². The summed E-state index contributed by atoms with van der Waals surface area (Å²) in [6.45, 7) is 7.30. The van der Waals surface area contributed by atoms with Gasteiger partial charge >= 0.3 is 0 Å². The van der Waals surface area contributed by atoms with Crippen LogP contribution in [0.3, 0.4) is 0 Å². The number of ether oxygens (including phenoxy) is 1. The Bertz CT molecular complexity index is 289. The van der Waals surface area contributed by atoms with E-state index in [4.69, 9.17) is 9.26 Å². The summed E-state index contributed by atoms with van der Waals surface area (Å²) in [7, 11) is 1.70. The first kappa shape index (κ1) is 13.2. The van der Waals surface area contributed by atoms with Crippen LogP contribution in [0.4, 0.5) is 0 Å². The minimum Gasteiger partial charge on any atom is -0.383 e. The molecular formula is C11H21N3O2.